The van der Waals surface area contributed by atoms with Gasteiger partial charge in [-0.2, -0.15) is 0 Å². The van der Waals surface area contributed by atoms with Crippen LogP contribution in [0.25, 0.3) is 0 Å². The molecule has 0 radical (unpaired) electrons. The summed E-state index contributed by atoms with van der Waals surface area (Å²) in [4.78, 5) is 25.1. The highest BCUT2D eigenvalue weighted by Gasteiger charge is 2.27. The van der Waals surface area contributed by atoms with Gasteiger partial charge >= 0.3 is 6.03 Å². The molecule has 1 aliphatic carbocycles. The fourth-order valence-corrected chi connectivity index (χ4v) is 4.75. The number of morpholine rings is 1. The Kier molecular flexibility index (Phi) is 4.50. The minimum atomic E-state index is 0.182. The summed E-state index contributed by atoms with van der Waals surface area (Å²) in [5.74, 6) is 0. The molecule has 2 aliphatic heterocycles. The first-order chi connectivity index (χ1) is 11.3. The average Bonchev–Trinajstić information content (AvgIpc) is 3.17. The minimum absolute atomic E-state index is 0.182. The van der Waals surface area contributed by atoms with Crippen LogP contribution < -0.4 is 0 Å². The van der Waals surface area contributed by atoms with E-state index in [9.17, 15) is 4.79 Å². The number of rotatable bonds is 2. The maximum Gasteiger partial charge on any atom is 0.320 e. The van der Waals surface area contributed by atoms with Gasteiger partial charge in [0.1, 0.15) is 5.01 Å². The van der Waals surface area contributed by atoms with Crippen LogP contribution in [0.3, 0.4) is 0 Å². The lowest BCUT2D eigenvalue weighted by Gasteiger charge is -2.38. The van der Waals surface area contributed by atoms with Crippen molar-refractivity contribution in [2.24, 2.45) is 0 Å². The number of urea groups is 1. The van der Waals surface area contributed by atoms with Crippen LogP contribution in [0.4, 0.5) is 4.79 Å². The number of piperazine rings is 1. The van der Waals surface area contributed by atoms with Crippen LogP contribution in [0.15, 0.2) is 0 Å². The van der Waals surface area contributed by atoms with Crippen LogP contribution in [-0.2, 0) is 24.1 Å². The maximum atomic E-state index is 12.5. The number of aryl methyl sites for hydroxylation is 2. The number of aromatic nitrogens is 1. The molecule has 0 N–H and O–H groups in total. The van der Waals surface area contributed by atoms with Gasteiger partial charge in [0, 0.05) is 44.1 Å². The van der Waals surface area contributed by atoms with Crippen molar-refractivity contribution in [1.29, 1.82) is 0 Å². The van der Waals surface area contributed by atoms with Crippen LogP contribution in [0.5, 0.6) is 0 Å². The van der Waals surface area contributed by atoms with E-state index < -0.39 is 0 Å². The fourth-order valence-electron chi connectivity index (χ4n) is 3.55. The Labute approximate surface area is 141 Å². The quantitative estimate of drug-likeness (QED) is 0.814. The van der Waals surface area contributed by atoms with Gasteiger partial charge in [0.2, 0.25) is 0 Å². The van der Waals surface area contributed by atoms with Crippen LogP contribution in [-0.4, -0.2) is 78.2 Å². The lowest BCUT2D eigenvalue weighted by molar-refractivity contribution is 0.0373. The smallest absolute Gasteiger partial charge is 0.320 e. The van der Waals surface area contributed by atoms with Crippen molar-refractivity contribution in [3.05, 3.63) is 15.6 Å². The normalized spacial score (nSPS) is 22.4. The molecule has 1 aromatic rings. The second-order valence-electron chi connectivity index (χ2n) is 6.48. The van der Waals surface area contributed by atoms with E-state index in [-0.39, 0.29) is 6.03 Å². The Morgan fingerprint density at radius 2 is 1.78 bits per heavy atom. The average molecular weight is 336 g/mol. The van der Waals surface area contributed by atoms with E-state index in [1.165, 1.54) is 28.4 Å². The van der Waals surface area contributed by atoms with Crippen molar-refractivity contribution in [1.82, 2.24) is 19.7 Å². The van der Waals surface area contributed by atoms with E-state index in [0.29, 0.717) is 13.2 Å². The van der Waals surface area contributed by atoms with Gasteiger partial charge in [-0.15, -0.1) is 11.3 Å². The Hall–Kier alpha value is -1.18. The molecule has 7 heteroatoms. The summed E-state index contributed by atoms with van der Waals surface area (Å²) >= 11 is 1.89. The highest BCUT2D eigenvalue weighted by atomic mass is 32.1. The molecule has 1 aromatic heterocycles. The molecule has 126 valence electrons. The van der Waals surface area contributed by atoms with Crippen molar-refractivity contribution in [3.8, 4) is 0 Å². The van der Waals surface area contributed by atoms with Crippen LogP contribution >= 0.6 is 11.3 Å². The molecule has 2 fully saturated rings. The maximum absolute atomic E-state index is 12.5. The second-order valence-corrected chi connectivity index (χ2v) is 7.64. The Morgan fingerprint density at radius 3 is 2.52 bits per heavy atom. The van der Waals surface area contributed by atoms with E-state index in [1.807, 2.05) is 21.1 Å². The molecule has 0 unspecified atom stereocenters. The van der Waals surface area contributed by atoms with Crippen molar-refractivity contribution in [2.45, 2.75) is 25.8 Å². The summed E-state index contributed by atoms with van der Waals surface area (Å²) in [6.07, 6.45) is 3.65. The zero-order valence-electron chi connectivity index (χ0n) is 13.5. The highest BCUT2D eigenvalue weighted by molar-refractivity contribution is 7.11. The van der Waals surface area contributed by atoms with Gasteiger partial charge < -0.3 is 14.5 Å². The van der Waals surface area contributed by atoms with Gasteiger partial charge in [0.05, 0.1) is 25.5 Å². The molecular formula is C16H24N4O2S. The minimum Gasteiger partial charge on any atom is -0.378 e. The summed E-state index contributed by atoms with van der Waals surface area (Å²) in [5.41, 5.74) is 1.34. The predicted octanol–water partition coefficient (Wildman–Crippen LogP) is 1.20. The number of carbonyl (C=O) groups excluding carboxylic acids is 1. The molecule has 2 amide bonds. The highest BCUT2D eigenvalue weighted by Crippen LogP contribution is 2.28. The first kappa shape index (κ1) is 15.4. The lowest BCUT2D eigenvalue weighted by Crippen LogP contribution is -2.54. The zero-order valence-corrected chi connectivity index (χ0v) is 14.3. The molecule has 0 saturated carbocycles. The summed E-state index contributed by atoms with van der Waals surface area (Å²) < 4.78 is 5.32. The zero-order chi connectivity index (χ0) is 15.6. The van der Waals surface area contributed by atoms with Crippen molar-refractivity contribution >= 4 is 17.4 Å². The summed E-state index contributed by atoms with van der Waals surface area (Å²) in [6.45, 7) is 7.26. The number of fused-ring (bicyclic) bond motifs is 1. The molecule has 0 aromatic carbocycles. The van der Waals surface area contributed by atoms with Crippen LogP contribution in [0.1, 0.15) is 22.0 Å². The Balaban J connectivity index is 1.27. The van der Waals surface area contributed by atoms with Crippen LogP contribution in [0, 0.1) is 0 Å². The summed E-state index contributed by atoms with van der Waals surface area (Å²) in [5, 5.41) is 1.25. The standard InChI is InChI=1S/C16H24N4O2S/c21-16(20-8-10-22-11-9-20)19-6-4-18(5-7-19)12-15-17-13-2-1-3-14(13)23-15/h1-12H2. The van der Waals surface area contributed by atoms with Gasteiger partial charge in [0.15, 0.2) is 0 Å². The monoisotopic (exact) mass is 336 g/mol. The molecule has 2 saturated heterocycles. The van der Waals surface area contributed by atoms with Crippen LogP contribution in [0.2, 0.25) is 0 Å². The van der Waals surface area contributed by atoms with E-state index >= 15 is 0 Å². The van der Waals surface area contributed by atoms with Gasteiger partial charge in [-0.25, -0.2) is 9.78 Å². The molecule has 23 heavy (non-hydrogen) atoms. The molecule has 0 bridgehead atoms. The van der Waals surface area contributed by atoms with Gasteiger partial charge in [0.25, 0.3) is 0 Å². The number of hydrogen-bond donors (Lipinski definition) is 0. The first-order valence-corrected chi connectivity index (χ1v) is 9.42. The Bertz CT molecular complexity index is 541. The first-order valence-electron chi connectivity index (χ1n) is 8.61. The van der Waals surface area contributed by atoms with Crippen molar-refractivity contribution in [3.63, 3.8) is 0 Å². The largest absolute Gasteiger partial charge is 0.378 e. The number of amides is 2. The predicted molar refractivity (Wildman–Crippen MR) is 88.8 cm³/mol. The number of thiazole rings is 1. The third-order valence-electron chi connectivity index (χ3n) is 4.92. The number of carbonyl (C=O) groups is 1. The van der Waals surface area contributed by atoms with E-state index in [2.05, 4.69) is 4.90 Å². The third kappa shape index (κ3) is 3.36. The summed E-state index contributed by atoms with van der Waals surface area (Å²) in [7, 11) is 0. The van der Waals surface area contributed by atoms with E-state index in [0.717, 1.165) is 52.2 Å². The van der Waals surface area contributed by atoms with Gasteiger partial charge in [-0.05, 0) is 19.3 Å². The number of hydrogen-bond acceptors (Lipinski definition) is 5. The summed E-state index contributed by atoms with van der Waals surface area (Å²) in [6, 6.07) is 0.182. The molecule has 6 nitrogen and oxygen atoms in total. The second kappa shape index (κ2) is 6.75. The molecule has 0 spiro atoms. The molecule has 4 rings (SSSR count). The molecule has 0 atom stereocenters. The number of nitrogens with zero attached hydrogens (tertiary/aromatic N) is 4. The van der Waals surface area contributed by atoms with Crippen molar-refractivity contribution in [2.75, 3.05) is 52.5 Å². The van der Waals surface area contributed by atoms with Gasteiger partial charge in [-0.1, -0.05) is 0 Å². The van der Waals surface area contributed by atoms with E-state index in [1.54, 1.807) is 0 Å². The molecular weight excluding hydrogens is 312 g/mol. The van der Waals surface area contributed by atoms with E-state index in [4.69, 9.17) is 9.72 Å². The Morgan fingerprint density at radius 1 is 1.04 bits per heavy atom. The van der Waals surface area contributed by atoms with Gasteiger partial charge in [-0.3, -0.25) is 4.90 Å². The lowest BCUT2D eigenvalue weighted by atomic mass is 10.3. The molecule has 3 aliphatic rings. The molecule has 3 heterocycles. The van der Waals surface area contributed by atoms with Crippen molar-refractivity contribution < 1.29 is 9.53 Å². The fraction of sp³-hybridized carbons (Fsp3) is 0.750. The SMILES string of the molecule is O=C(N1CCOCC1)N1CCN(Cc2nc3c(s2)CCC3)CC1. The third-order valence-corrected chi connectivity index (χ3v) is 6.07. The topological polar surface area (TPSA) is 48.9 Å². The number of ether oxygens (including phenoxy) is 1.